The number of amides is 1. The lowest BCUT2D eigenvalue weighted by atomic mass is 9.87. The zero-order chi connectivity index (χ0) is 17.0. The van der Waals surface area contributed by atoms with Gasteiger partial charge in [-0.15, -0.1) is 12.4 Å². The van der Waals surface area contributed by atoms with Gasteiger partial charge in [0.2, 0.25) is 0 Å². The summed E-state index contributed by atoms with van der Waals surface area (Å²) in [6.07, 6.45) is -0.621. The minimum absolute atomic E-state index is 0. The van der Waals surface area contributed by atoms with E-state index in [1.54, 1.807) is 19.1 Å². The van der Waals surface area contributed by atoms with Gasteiger partial charge in [0.05, 0.1) is 11.4 Å². The second-order valence-electron chi connectivity index (χ2n) is 6.61. The van der Waals surface area contributed by atoms with Crippen LogP contribution in [0.4, 0.5) is 11.4 Å². The molecule has 0 bridgehead atoms. The van der Waals surface area contributed by atoms with Crippen molar-refractivity contribution < 1.29 is 9.53 Å². The molecule has 130 valence electrons. The van der Waals surface area contributed by atoms with Gasteiger partial charge in [-0.25, -0.2) is 0 Å². The number of nitrogens with one attached hydrogen (secondary N) is 1. The van der Waals surface area contributed by atoms with Crippen LogP contribution in [0.5, 0.6) is 5.75 Å². The largest absolute Gasteiger partial charge is 0.481 e. The quantitative estimate of drug-likeness (QED) is 0.805. The first-order valence-corrected chi connectivity index (χ1v) is 7.70. The van der Waals surface area contributed by atoms with Gasteiger partial charge in [-0.05, 0) is 42.2 Å². The molecule has 0 aliphatic rings. The van der Waals surface area contributed by atoms with E-state index in [1.165, 1.54) is 0 Å². The van der Waals surface area contributed by atoms with Gasteiger partial charge in [0.15, 0.2) is 6.10 Å². The number of benzene rings is 2. The van der Waals surface area contributed by atoms with Crippen LogP contribution in [-0.4, -0.2) is 12.0 Å². The highest BCUT2D eigenvalue weighted by molar-refractivity contribution is 5.96. The smallest absolute Gasteiger partial charge is 0.265 e. The molecule has 5 heteroatoms. The molecule has 2 rings (SSSR count). The van der Waals surface area contributed by atoms with Crippen LogP contribution in [0.2, 0.25) is 0 Å². The molecule has 0 aliphatic heterocycles. The Bertz CT molecular complexity index is 696. The number of ether oxygens (including phenoxy) is 1. The molecule has 1 amide bonds. The van der Waals surface area contributed by atoms with Crippen LogP contribution < -0.4 is 15.8 Å². The van der Waals surface area contributed by atoms with Crippen LogP contribution in [0.15, 0.2) is 48.5 Å². The third-order valence-corrected chi connectivity index (χ3v) is 3.60. The number of nitrogens with two attached hydrogens (primary N) is 1. The van der Waals surface area contributed by atoms with Gasteiger partial charge in [-0.2, -0.15) is 0 Å². The fraction of sp³-hybridized carbons (Fsp3) is 0.316. The van der Waals surface area contributed by atoms with Crippen molar-refractivity contribution in [3.8, 4) is 5.75 Å². The summed E-state index contributed by atoms with van der Waals surface area (Å²) in [5, 5.41) is 2.79. The van der Waals surface area contributed by atoms with Crippen LogP contribution in [0.1, 0.15) is 33.3 Å². The molecule has 1 unspecified atom stereocenters. The number of rotatable bonds is 4. The first kappa shape index (κ1) is 19.8. The molecule has 0 radical (unpaired) electrons. The fourth-order valence-corrected chi connectivity index (χ4v) is 2.14. The van der Waals surface area contributed by atoms with Gasteiger partial charge in [0.25, 0.3) is 5.91 Å². The first-order valence-electron chi connectivity index (χ1n) is 7.70. The van der Waals surface area contributed by atoms with Gasteiger partial charge in [-0.1, -0.05) is 45.0 Å². The minimum atomic E-state index is -0.621. The van der Waals surface area contributed by atoms with Crippen molar-refractivity contribution in [1.29, 1.82) is 0 Å². The number of para-hydroxylation sites is 2. The summed E-state index contributed by atoms with van der Waals surface area (Å²) in [4.78, 5) is 12.3. The van der Waals surface area contributed by atoms with Crippen molar-refractivity contribution in [3.63, 3.8) is 0 Å². The molecule has 4 nitrogen and oxygen atoms in total. The normalized spacial score (nSPS) is 12.0. The third kappa shape index (κ3) is 5.17. The van der Waals surface area contributed by atoms with Crippen LogP contribution >= 0.6 is 12.4 Å². The standard InChI is InChI=1S/C19H24N2O2.ClH/c1-13(18(22)21-17-11-6-5-10-16(17)20)23-15-9-7-8-14(12-15)19(2,3)4;/h5-13H,20H2,1-4H3,(H,21,22);1H. The maximum absolute atomic E-state index is 12.3. The molecule has 0 aliphatic carbocycles. The predicted octanol–water partition coefficient (Wildman–Crippen LogP) is 4.39. The average Bonchev–Trinajstić information content (AvgIpc) is 2.49. The molecule has 0 heterocycles. The van der Waals surface area contributed by atoms with Gasteiger partial charge in [0, 0.05) is 0 Å². The second kappa shape index (κ2) is 8.06. The van der Waals surface area contributed by atoms with Crippen molar-refractivity contribution in [2.24, 2.45) is 0 Å². The lowest BCUT2D eigenvalue weighted by molar-refractivity contribution is -0.122. The van der Waals surface area contributed by atoms with Crippen molar-refractivity contribution in [1.82, 2.24) is 0 Å². The van der Waals surface area contributed by atoms with Gasteiger partial charge in [0.1, 0.15) is 5.75 Å². The summed E-state index contributed by atoms with van der Waals surface area (Å²) in [5.74, 6) is 0.449. The Hall–Kier alpha value is -2.20. The third-order valence-electron chi connectivity index (χ3n) is 3.60. The van der Waals surface area contributed by atoms with E-state index in [0.29, 0.717) is 17.1 Å². The van der Waals surface area contributed by atoms with Crippen molar-refractivity contribution in [2.75, 3.05) is 11.1 Å². The Morgan fingerprint density at radius 2 is 1.79 bits per heavy atom. The van der Waals surface area contributed by atoms with Gasteiger partial charge < -0.3 is 15.8 Å². The molecule has 0 fully saturated rings. The Kier molecular flexibility index (Phi) is 6.67. The van der Waals surface area contributed by atoms with E-state index in [0.717, 1.165) is 5.56 Å². The number of carbonyl (C=O) groups excluding carboxylic acids is 1. The van der Waals surface area contributed by atoms with E-state index in [2.05, 4.69) is 32.2 Å². The zero-order valence-electron chi connectivity index (χ0n) is 14.5. The van der Waals surface area contributed by atoms with Crippen molar-refractivity contribution >= 4 is 29.7 Å². The highest BCUT2D eigenvalue weighted by Gasteiger charge is 2.18. The maximum atomic E-state index is 12.3. The molecule has 2 aromatic carbocycles. The first-order chi connectivity index (χ1) is 10.8. The Morgan fingerprint density at radius 3 is 2.42 bits per heavy atom. The van der Waals surface area contributed by atoms with Crippen molar-refractivity contribution in [3.05, 3.63) is 54.1 Å². The van der Waals surface area contributed by atoms with E-state index in [4.69, 9.17) is 10.5 Å². The lowest BCUT2D eigenvalue weighted by Gasteiger charge is -2.21. The number of carbonyl (C=O) groups is 1. The molecule has 0 saturated carbocycles. The second-order valence-corrected chi connectivity index (χ2v) is 6.61. The van der Waals surface area contributed by atoms with Crippen molar-refractivity contribution in [2.45, 2.75) is 39.2 Å². The molecule has 3 N–H and O–H groups in total. The predicted molar refractivity (Wildman–Crippen MR) is 102 cm³/mol. The van der Waals surface area contributed by atoms with Gasteiger partial charge >= 0.3 is 0 Å². The van der Waals surface area contributed by atoms with E-state index in [9.17, 15) is 4.79 Å². The number of halogens is 1. The Morgan fingerprint density at radius 1 is 1.12 bits per heavy atom. The fourth-order valence-electron chi connectivity index (χ4n) is 2.14. The summed E-state index contributed by atoms with van der Waals surface area (Å²) in [7, 11) is 0. The molecular weight excluding hydrogens is 324 g/mol. The molecule has 2 aromatic rings. The van der Waals surface area contributed by atoms with Gasteiger partial charge in [-0.3, -0.25) is 4.79 Å². The molecule has 0 aromatic heterocycles. The lowest BCUT2D eigenvalue weighted by Crippen LogP contribution is -2.30. The Balaban J connectivity index is 0.00000288. The summed E-state index contributed by atoms with van der Waals surface area (Å²) >= 11 is 0. The highest BCUT2D eigenvalue weighted by Crippen LogP contribution is 2.26. The average molecular weight is 349 g/mol. The van der Waals surface area contributed by atoms with Crippen LogP contribution in [-0.2, 0) is 10.2 Å². The van der Waals surface area contributed by atoms with E-state index < -0.39 is 6.10 Å². The monoisotopic (exact) mass is 348 g/mol. The van der Waals surface area contributed by atoms with Crippen LogP contribution in [0, 0.1) is 0 Å². The molecule has 1 atom stereocenters. The molecular formula is C19H25ClN2O2. The van der Waals surface area contributed by atoms with Crippen LogP contribution in [0.3, 0.4) is 0 Å². The molecule has 0 spiro atoms. The van der Waals surface area contributed by atoms with E-state index in [-0.39, 0.29) is 23.7 Å². The number of anilines is 2. The molecule has 0 saturated heterocycles. The highest BCUT2D eigenvalue weighted by atomic mass is 35.5. The Labute approximate surface area is 149 Å². The van der Waals surface area contributed by atoms with E-state index >= 15 is 0 Å². The summed E-state index contributed by atoms with van der Waals surface area (Å²) < 4.78 is 5.77. The maximum Gasteiger partial charge on any atom is 0.265 e. The summed E-state index contributed by atoms with van der Waals surface area (Å²) in [6.45, 7) is 8.14. The number of nitrogen functional groups attached to an aromatic ring is 1. The molecule has 24 heavy (non-hydrogen) atoms. The summed E-state index contributed by atoms with van der Waals surface area (Å²) in [5.41, 5.74) is 8.15. The minimum Gasteiger partial charge on any atom is -0.481 e. The van der Waals surface area contributed by atoms with Crippen LogP contribution in [0.25, 0.3) is 0 Å². The number of hydrogen-bond donors (Lipinski definition) is 2. The van der Waals surface area contributed by atoms with E-state index in [1.807, 2.05) is 30.3 Å². The SMILES string of the molecule is CC(Oc1cccc(C(C)(C)C)c1)C(=O)Nc1ccccc1N.Cl. The number of hydrogen-bond acceptors (Lipinski definition) is 3. The summed E-state index contributed by atoms with van der Waals surface area (Å²) in [6, 6.07) is 15.0. The topological polar surface area (TPSA) is 64.3 Å². The zero-order valence-corrected chi connectivity index (χ0v) is 15.3.